The number of hydrogen-bond donors (Lipinski definition) is 2. The van der Waals surface area contributed by atoms with E-state index in [1.165, 1.54) is 25.7 Å². The van der Waals surface area contributed by atoms with Crippen molar-refractivity contribution in [1.82, 2.24) is 10.2 Å². The maximum atomic E-state index is 11.7. The number of unbranched alkanes of at least 4 members (excludes halogenated alkanes) is 1. The number of carbonyl (C=O) groups excluding carboxylic acids is 1. The molecule has 1 rings (SSSR count). The van der Waals surface area contributed by atoms with Crippen LogP contribution in [0.1, 0.15) is 59.8 Å². The lowest BCUT2D eigenvalue weighted by molar-refractivity contribution is -0.124. The second-order valence-electron chi connectivity index (χ2n) is 6.37. The molecule has 1 fully saturated rings. The van der Waals surface area contributed by atoms with Crippen molar-refractivity contribution in [2.75, 3.05) is 13.1 Å². The van der Waals surface area contributed by atoms with E-state index in [2.05, 4.69) is 31.0 Å². The van der Waals surface area contributed by atoms with Gasteiger partial charge in [-0.25, -0.2) is 0 Å². The average molecular weight is 269 g/mol. The topological polar surface area (TPSA) is 58.4 Å². The highest BCUT2D eigenvalue weighted by atomic mass is 16.1. The Balaban J connectivity index is 2.50. The Labute approximate surface area is 118 Å². The van der Waals surface area contributed by atoms with Crippen molar-refractivity contribution < 1.29 is 4.79 Å². The predicted molar refractivity (Wildman–Crippen MR) is 80.0 cm³/mol. The summed E-state index contributed by atoms with van der Waals surface area (Å²) >= 11 is 0. The molecule has 0 aromatic carbocycles. The number of carbonyl (C=O) groups is 1. The molecule has 0 bridgehead atoms. The van der Waals surface area contributed by atoms with E-state index in [9.17, 15) is 4.79 Å². The van der Waals surface area contributed by atoms with Gasteiger partial charge in [-0.1, -0.05) is 13.3 Å². The minimum Gasteiger partial charge on any atom is -0.368 e. The fourth-order valence-corrected chi connectivity index (χ4v) is 2.55. The maximum absolute atomic E-state index is 11.7. The molecule has 0 radical (unpaired) electrons. The lowest BCUT2D eigenvalue weighted by Crippen LogP contribution is -2.56. The number of primary amides is 1. The first kappa shape index (κ1) is 16.4. The minimum atomic E-state index is -0.590. The summed E-state index contributed by atoms with van der Waals surface area (Å²) in [5.41, 5.74) is 4.99. The van der Waals surface area contributed by atoms with Crippen molar-refractivity contribution in [3.8, 4) is 0 Å². The summed E-state index contributed by atoms with van der Waals surface area (Å²) in [6.07, 6.45) is 5.88. The number of nitrogens with two attached hydrogens (primary N) is 1. The third-order valence-electron chi connectivity index (χ3n) is 3.91. The lowest BCUT2D eigenvalue weighted by atomic mass is 9.95. The van der Waals surface area contributed by atoms with E-state index in [1.54, 1.807) is 0 Å². The molecule has 4 nitrogen and oxygen atoms in total. The van der Waals surface area contributed by atoms with E-state index >= 15 is 0 Å². The lowest BCUT2D eigenvalue weighted by Gasteiger charge is -2.32. The van der Waals surface area contributed by atoms with E-state index < -0.39 is 5.54 Å². The first-order valence-corrected chi connectivity index (χ1v) is 7.70. The molecule has 19 heavy (non-hydrogen) atoms. The zero-order chi connectivity index (χ0) is 14.5. The molecule has 0 aliphatic heterocycles. The van der Waals surface area contributed by atoms with E-state index in [4.69, 9.17) is 5.73 Å². The monoisotopic (exact) mass is 269 g/mol. The SMILES string of the molecule is CCCCN(CCC(C)(NC(C)C)C(N)=O)C1CC1. The Kier molecular flexibility index (Phi) is 6.27. The number of nitrogens with one attached hydrogen (secondary N) is 1. The van der Waals surface area contributed by atoms with E-state index in [0.717, 1.165) is 25.6 Å². The fourth-order valence-electron chi connectivity index (χ4n) is 2.55. The second-order valence-corrected chi connectivity index (χ2v) is 6.37. The summed E-state index contributed by atoms with van der Waals surface area (Å²) in [5, 5.41) is 3.33. The Morgan fingerprint density at radius 2 is 2.05 bits per heavy atom. The molecule has 1 aliphatic rings. The molecule has 3 N–H and O–H groups in total. The van der Waals surface area contributed by atoms with Crippen LogP contribution in [0.25, 0.3) is 0 Å². The van der Waals surface area contributed by atoms with E-state index in [1.807, 2.05) is 6.92 Å². The van der Waals surface area contributed by atoms with Crippen LogP contribution in [0, 0.1) is 0 Å². The smallest absolute Gasteiger partial charge is 0.237 e. The first-order valence-electron chi connectivity index (χ1n) is 7.70. The van der Waals surface area contributed by atoms with Gasteiger partial charge in [0.2, 0.25) is 5.91 Å². The number of rotatable bonds is 10. The summed E-state index contributed by atoms with van der Waals surface area (Å²) in [6.45, 7) is 10.4. The Morgan fingerprint density at radius 3 is 2.47 bits per heavy atom. The summed E-state index contributed by atoms with van der Waals surface area (Å²) < 4.78 is 0. The Hall–Kier alpha value is -0.610. The second kappa shape index (κ2) is 7.25. The van der Waals surface area contributed by atoms with Gasteiger partial charge in [-0.15, -0.1) is 0 Å². The summed E-state index contributed by atoms with van der Waals surface area (Å²) in [6, 6.07) is 1.02. The van der Waals surface area contributed by atoms with Gasteiger partial charge in [0, 0.05) is 18.6 Å². The van der Waals surface area contributed by atoms with Crippen molar-refractivity contribution in [3.05, 3.63) is 0 Å². The number of hydrogen-bond acceptors (Lipinski definition) is 3. The van der Waals surface area contributed by atoms with Gasteiger partial charge < -0.3 is 16.0 Å². The highest BCUT2D eigenvalue weighted by Crippen LogP contribution is 2.28. The van der Waals surface area contributed by atoms with E-state index in [0.29, 0.717) is 0 Å². The summed E-state index contributed by atoms with van der Waals surface area (Å²) in [5.74, 6) is -0.243. The molecular weight excluding hydrogens is 238 g/mol. The van der Waals surface area contributed by atoms with Crippen molar-refractivity contribution in [2.45, 2.75) is 77.4 Å². The third-order valence-corrected chi connectivity index (χ3v) is 3.91. The highest BCUT2D eigenvalue weighted by Gasteiger charge is 2.34. The van der Waals surface area contributed by atoms with Crippen LogP contribution in [0.5, 0.6) is 0 Å². The van der Waals surface area contributed by atoms with Crippen molar-refractivity contribution in [2.24, 2.45) is 5.73 Å². The van der Waals surface area contributed by atoms with Gasteiger partial charge in [-0.3, -0.25) is 4.79 Å². The van der Waals surface area contributed by atoms with Crippen LogP contribution in [0.2, 0.25) is 0 Å². The Bertz CT molecular complexity index is 289. The molecule has 0 spiro atoms. The molecule has 0 saturated heterocycles. The molecule has 4 heteroatoms. The minimum absolute atomic E-state index is 0.243. The standard InChI is InChI=1S/C15H31N3O/c1-5-6-10-18(13-7-8-13)11-9-15(4,14(16)19)17-12(2)3/h12-13,17H,5-11H2,1-4H3,(H2,16,19). The molecular formula is C15H31N3O. The van der Waals surface area contributed by atoms with Crippen molar-refractivity contribution >= 4 is 5.91 Å². The van der Waals surface area contributed by atoms with Crippen molar-refractivity contribution in [3.63, 3.8) is 0 Å². The van der Waals surface area contributed by atoms with Gasteiger partial charge >= 0.3 is 0 Å². The summed E-state index contributed by atoms with van der Waals surface area (Å²) in [4.78, 5) is 14.2. The van der Waals surface area contributed by atoms with Crippen LogP contribution < -0.4 is 11.1 Å². The zero-order valence-electron chi connectivity index (χ0n) is 13.0. The van der Waals surface area contributed by atoms with Crippen molar-refractivity contribution in [1.29, 1.82) is 0 Å². The van der Waals surface area contributed by atoms with Crippen LogP contribution in [-0.4, -0.2) is 41.5 Å². The molecule has 1 amide bonds. The van der Waals surface area contributed by atoms with Gasteiger partial charge in [-0.05, 0) is 53.0 Å². The number of nitrogens with zero attached hydrogens (tertiary/aromatic N) is 1. The van der Waals surface area contributed by atoms with Gasteiger partial charge in [0.05, 0.1) is 5.54 Å². The zero-order valence-corrected chi connectivity index (χ0v) is 13.0. The van der Waals surface area contributed by atoms with Crippen LogP contribution in [0.4, 0.5) is 0 Å². The summed E-state index contributed by atoms with van der Waals surface area (Å²) in [7, 11) is 0. The quantitative estimate of drug-likeness (QED) is 0.636. The molecule has 112 valence electrons. The molecule has 0 heterocycles. The van der Waals surface area contributed by atoms with Gasteiger partial charge in [0.1, 0.15) is 0 Å². The van der Waals surface area contributed by atoms with Gasteiger partial charge in [0.15, 0.2) is 0 Å². The molecule has 0 aromatic heterocycles. The van der Waals surface area contributed by atoms with Crippen LogP contribution >= 0.6 is 0 Å². The maximum Gasteiger partial charge on any atom is 0.237 e. The molecule has 1 unspecified atom stereocenters. The highest BCUT2D eigenvalue weighted by molar-refractivity contribution is 5.84. The molecule has 1 aliphatic carbocycles. The molecule has 1 atom stereocenters. The average Bonchev–Trinajstić information content (AvgIpc) is 3.12. The fraction of sp³-hybridized carbons (Fsp3) is 0.933. The Morgan fingerprint density at radius 1 is 1.42 bits per heavy atom. The molecule has 0 aromatic rings. The molecule has 1 saturated carbocycles. The van der Waals surface area contributed by atoms with Gasteiger partial charge in [0.25, 0.3) is 0 Å². The predicted octanol–water partition coefficient (Wildman–Crippen LogP) is 1.88. The normalized spacial score (nSPS) is 18.8. The van der Waals surface area contributed by atoms with E-state index in [-0.39, 0.29) is 11.9 Å². The van der Waals surface area contributed by atoms with Gasteiger partial charge in [-0.2, -0.15) is 0 Å². The third kappa shape index (κ3) is 5.49. The number of amides is 1. The van der Waals surface area contributed by atoms with Crippen LogP contribution in [0.15, 0.2) is 0 Å². The first-order chi connectivity index (χ1) is 8.89. The van der Waals surface area contributed by atoms with Crippen LogP contribution in [-0.2, 0) is 4.79 Å². The largest absolute Gasteiger partial charge is 0.368 e. The van der Waals surface area contributed by atoms with Crippen LogP contribution in [0.3, 0.4) is 0 Å².